The lowest BCUT2D eigenvalue weighted by Crippen LogP contribution is -2.43. The van der Waals surface area contributed by atoms with Crippen LogP contribution in [0.15, 0.2) is 61.1 Å². The highest BCUT2D eigenvalue weighted by molar-refractivity contribution is 5.81. The van der Waals surface area contributed by atoms with Gasteiger partial charge in [-0.15, -0.1) is 0 Å². The lowest BCUT2D eigenvalue weighted by atomic mass is 9.98. The van der Waals surface area contributed by atoms with E-state index in [-0.39, 0.29) is 18.9 Å². The van der Waals surface area contributed by atoms with E-state index in [1.54, 1.807) is 0 Å². The minimum absolute atomic E-state index is 0.0754. The number of carboxylic acid groups (broad SMARTS) is 1. The third kappa shape index (κ3) is 11.3. The number of unbranched alkanes of at least 4 members (excludes halogenated alkanes) is 13. The van der Waals surface area contributed by atoms with Gasteiger partial charge in [-0.3, -0.25) is 0 Å². The molecular weight excluding hydrogens is 594 g/mol. The van der Waals surface area contributed by atoms with Gasteiger partial charge < -0.3 is 19.9 Å². The van der Waals surface area contributed by atoms with Crippen LogP contribution >= 0.6 is 0 Å². The number of aliphatic carboxylic acids is 1. The average Bonchev–Trinajstić information content (AvgIpc) is 3.68. The Morgan fingerprint density at radius 3 is 1.87 bits per heavy atom. The number of carboxylic acids is 1. The van der Waals surface area contributed by atoms with Crippen LogP contribution in [0.1, 0.15) is 120 Å². The molecule has 1 amide bonds. The molecular formula is C38H51N3O6. The fourth-order valence-electron chi connectivity index (χ4n) is 6.29. The number of carbonyl (C=O) groups excluding carboxylic acids is 2. The highest BCUT2D eigenvalue weighted by Gasteiger charge is 2.30. The van der Waals surface area contributed by atoms with E-state index in [1.165, 1.54) is 87.7 Å². The summed E-state index contributed by atoms with van der Waals surface area (Å²) in [5.41, 5.74) is 4.68. The molecule has 1 aromatic heterocycles. The number of amides is 1. The summed E-state index contributed by atoms with van der Waals surface area (Å²) in [5, 5.41) is 12.2. The Balaban J connectivity index is 1.10. The first kappa shape index (κ1) is 35.7. The van der Waals surface area contributed by atoms with E-state index in [1.807, 2.05) is 48.5 Å². The number of nitrogens with zero attached hydrogens (tertiary/aromatic N) is 2. The third-order valence-electron chi connectivity index (χ3n) is 8.92. The van der Waals surface area contributed by atoms with Crippen molar-refractivity contribution in [2.75, 3.05) is 13.2 Å². The second-order valence-corrected chi connectivity index (χ2v) is 12.5. The number of ether oxygens (including phenoxy) is 2. The van der Waals surface area contributed by atoms with Crippen LogP contribution in [0.2, 0.25) is 0 Å². The van der Waals surface area contributed by atoms with Crippen molar-refractivity contribution in [3.8, 4) is 11.1 Å². The smallest absolute Gasteiger partial charge is 0.419 e. The first-order valence-corrected chi connectivity index (χ1v) is 17.5. The molecule has 3 aromatic rings. The number of benzene rings is 2. The normalized spacial score (nSPS) is 12.7. The van der Waals surface area contributed by atoms with Gasteiger partial charge >= 0.3 is 18.2 Å². The number of carbonyl (C=O) groups is 3. The molecule has 0 fully saturated rings. The van der Waals surface area contributed by atoms with E-state index in [4.69, 9.17) is 9.47 Å². The van der Waals surface area contributed by atoms with Crippen LogP contribution < -0.4 is 5.32 Å². The van der Waals surface area contributed by atoms with Gasteiger partial charge in [-0.25, -0.2) is 23.9 Å². The maximum absolute atomic E-state index is 12.7. The summed E-state index contributed by atoms with van der Waals surface area (Å²) in [6, 6.07) is 14.7. The minimum atomic E-state index is -1.28. The van der Waals surface area contributed by atoms with Crippen LogP contribution in [0.25, 0.3) is 11.1 Å². The Hall–Kier alpha value is -4.14. The molecule has 0 bridgehead atoms. The van der Waals surface area contributed by atoms with Crippen LogP contribution in [-0.2, 0) is 20.7 Å². The zero-order chi connectivity index (χ0) is 33.3. The van der Waals surface area contributed by atoms with Gasteiger partial charge in [0.25, 0.3) is 0 Å². The highest BCUT2D eigenvalue weighted by Crippen LogP contribution is 2.44. The summed E-state index contributed by atoms with van der Waals surface area (Å²) in [6.07, 6.45) is 18.8. The molecule has 0 radical (unpaired) electrons. The molecule has 1 heterocycles. The van der Waals surface area contributed by atoms with Gasteiger partial charge in [0.15, 0.2) is 0 Å². The summed E-state index contributed by atoms with van der Waals surface area (Å²) >= 11 is 0. The Morgan fingerprint density at radius 1 is 0.787 bits per heavy atom. The fourth-order valence-corrected chi connectivity index (χ4v) is 6.29. The SMILES string of the molecule is CCCCCCCCCCCCCCCCOC(=O)n1cnc(C[C@H](NC(=O)OCC2c3ccccc3-c3ccccc32)C(=O)O)c1. The topological polar surface area (TPSA) is 120 Å². The molecule has 254 valence electrons. The van der Waals surface area contributed by atoms with Crippen LogP contribution in [-0.4, -0.2) is 52.1 Å². The zero-order valence-electron chi connectivity index (χ0n) is 27.8. The van der Waals surface area contributed by atoms with E-state index >= 15 is 0 Å². The number of rotatable bonds is 21. The number of aromatic nitrogens is 2. The molecule has 0 saturated heterocycles. The molecule has 2 N–H and O–H groups in total. The minimum Gasteiger partial charge on any atom is -0.480 e. The monoisotopic (exact) mass is 645 g/mol. The summed E-state index contributed by atoms with van der Waals surface area (Å²) in [5.74, 6) is -1.36. The van der Waals surface area contributed by atoms with E-state index < -0.39 is 24.2 Å². The van der Waals surface area contributed by atoms with Gasteiger partial charge in [0, 0.05) is 18.5 Å². The second kappa shape index (κ2) is 19.5. The Kier molecular flexibility index (Phi) is 14.8. The van der Waals surface area contributed by atoms with Crippen molar-refractivity contribution in [2.45, 2.75) is 115 Å². The van der Waals surface area contributed by atoms with Crippen molar-refractivity contribution in [1.29, 1.82) is 0 Å². The number of fused-ring (bicyclic) bond motifs is 3. The highest BCUT2D eigenvalue weighted by atomic mass is 16.6. The Bertz CT molecular complexity index is 1370. The Labute approximate surface area is 279 Å². The molecule has 1 aliphatic rings. The summed E-state index contributed by atoms with van der Waals surface area (Å²) < 4.78 is 12.1. The summed E-state index contributed by atoms with van der Waals surface area (Å²) in [6.45, 7) is 2.65. The van der Waals surface area contributed by atoms with Gasteiger partial charge in [0.05, 0.1) is 12.3 Å². The maximum Gasteiger partial charge on any atom is 0.419 e. The van der Waals surface area contributed by atoms with Gasteiger partial charge in [-0.1, -0.05) is 139 Å². The molecule has 0 spiro atoms. The lowest BCUT2D eigenvalue weighted by molar-refractivity contribution is -0.139. The largest absolute Gasteiger partial charge is 0.480 e. The number of alkyl carbamates (subject to hydrolysis) is 1. The standard InChI is InChI=1S/C38H51N3O6/c1-2-3-4-5-6-7-8-9-10-11-12-13-14-19-24-46-38(45)41-26-29(39-28-41)25-35(36(42)43)40-37(44)47-27-34-32-22-17-15-20-30(32)31-21-16-18-23-33(31)34/h15-18,20-23,26,28,34-35H,2-14,19,24-25,27H2,1H3,(H,40,44)(H,42,43)/t35-/m0/s1. The van der Waals surface area contributed by atoms with E-state index in [2.05, 4.69) is 17.2 Å². The molecule has 47 heavy (non-hydrogen) atoms. The molecule has 4 rings (SSSR count). The van der Waals surface area contributed by atoms with Gasteiger partial charge in [-0.05, 0) is 28.7 Å². The molecule has 2 aromatic carbocycles. The molecule has 0 saturated carbocycles. The van der Waals surface area contributed by atoms with Crippen molar-refractivity contribution in [3.63, 3.8) is 0 Å². The molecule has 1 atom stereocenters. The summed E-state index contributed by atoms with van der Waals surface area (Å²) in [7, 11) is 0. The fraction of sp³-hybridized carbons (Fsp3) is 0.526. The summed E-state index contributed by atoms with van der Waals surface area (Å²) in [4.78, 5) is 41.2. The number of hydrogen-bond donors (Lipinski definition) is 2. The first-order valence-electron chi connectivity index (χ1n) is 17.5. The van der Waals surface area contributed by atoms with E-state index in [0.717, 1.165) is 41.5 Å². The molecule has 0 unspecified atom stereocenters. The first-order chi connectivity index (χ1) is 23.0. The van der Waals surface area contributed by atoms with Crippen LogP contribution in [0.3, 0.4) is 0 Å². The van der Waals surface area contributed by atoms with Crippen molar-refractivity contribution in [1.82, 2.24) is 14.9 Å². The Morgan fingerprint density at radius 2 is 1.32 bits per heavy atom. The van der Waals surface area contributed by atoms with Gasteiger partial charge in [0.1, 0.15) is 19.0 Å². The second-order valence-electron chi connectivity index (χ2n) is 12.5. The number of hydrogen-bond acceptors (Lipinski definition) is 6. The van der Waals surface area contributed by atoms with Crippen LogP contribution in [0.4, 0.5) is 9.59 Å². The predicted octanol–water partition coefficient (Wildman–Crippen LogP) is 8.88. The van der Waals surface area contributed by atoms with Gasteiger partial charge in [0.2, 0.25) is 0 Å². The number of imidazole rings is 1. The number of nitrogens with one attached hydrogen (secondary N) is 1. The van der Waals surface area contributed by atoms with Crippen LogP contribution in [0, 0.1) is 0 Å². The quantitative estimate of drug-likeness (QED) is 0.111. The van der Waals surface area contributed by atoms with Crippen molar-refractivity contribution >= 4 is 18.2 Å². The van der Waals surface area contributed by atoms with Crippen LogP contribution in [0.5, 0.6) is 0 Å². The van der Waals surface area contributed by atoms with Crippen molar-refractivity contribution < 1.29 is 29.0 Å². The zero-order valence-corrected chi connectivity index (χ0v) is 27.8. The maximum atomic E-state index is 12.7. The molecule has 1 aliphatic carbocycles. The third-order valence-corrected chi connectivity index (χ3v) is 8.92. The molecule has 9 heteroatoms. The lowest BCUT2D eigenvalue weighted by Gasteiger charge is -2.17. The van der Waals surface area contributed by atoms with Crippen molar-refractivity contribution in [2.24, 2.45) is 0 Å². The van der Waals surface area contributed by atoms with E-state index in [9.17, 15) is 19.5 Å². The molecule has 0 aliphatic heterocycles. The average molecular weight is 646 g/mol. The van der Waals surface area contributed by atoms with E-state index in [0.29, 0.717) is 12.3 Å². The van der Waals surface area contributed by atoms with Gasteiger partial charge in [-0.2, -0.15) is 0 Å². The molecule has 9 nitrogen and oxygen atoms in total. The van der Waals surface area contributed by atoms with Crippen molar-refractivity contribution in [3.05, 3.63) is 77.9 Å². The predicted molar refractivity (Wildman–Crippen MR) is 183 cm³/mol.